The number of rotatable bonds is 7. The number of hydrogen-bond donors (Lipinski definition) is 0. The van der Waals surface area contributed by atoms with E-state index in [0.29, 0.717) is 47.4 Å². The number of carbonyl (C=O) groups excluding carboxylic acids is 1. The molecule has 0 saturated carbocycles. The zero-order chi connectivity index (χ0) is 26.1. The summed E-state index contributed by atoms with van der Waals surface area (Å²) >= 11 is 6.00. The van der Waals surface area contributed by atoms with Gasteiger partial charge in [0.2, 0.25) is 5.78 Å². The van der Waals surface area contributed by atoms with E-state index in [9.17, 15) is 4.79 Å². The Hall–Kier alpha value is -3.68. The van der Waals surface area contributed by atoms with Crippen molar-refractivity contribution in [2.45, 2.75) is 19.9 Å². The summed E-state index contributed by atoms with van der Waals surface area (Å²) in [5.74, 6) is 2.93. The van der Waals surface area contributed by atoms with E-state index in [1.807, 2.05) is 37.3 Å². The molecule has 0 amide bonds. The Labute approximate surface area is 221 Å². The molecule has 3 aromatic rings. The number of halogens is 1. The average Bonchev–Trinajstić information content (AvgIpc) is 3.23. The molecule has 0 N–H and O–H groups in total. The third-order valence-electron chi connectivity index (χ3n) is 6.65. The molecule has 0 radical (unpaired) electrons. The third kappa shape index (κ3) is 4.84. The van der Waals surface area contributed by atoms with Gasteiger partial charge < -0.3 is 23.7 Å². The minimum Gasteiger partial charge on any atom is -0.496 e. The van der Waals surface area contributed by atoms with Gasteiger partial charge in [0.1, 0.15) is 24.0 Å². The monoisotopic (exact) mass is 521 g/mol. The van der Waals surface area contributed by atoms with Gasteiger partial charge in [0, 0.05) is 40.9 Å². The number of carbonyl (C=O) groups is 1. The van der Waals surface area contributed by atoms with Gasteiger partial charge in [-0.25, -0.2) is 0 Å². The second-order valence-corrected chi connectivity index (χ2v) is 9.39. The van der Waals surface area contributed by atoms with Crippen molar-refractivity contribution in [1.82, 2.24) is 4.90 Å². The molecule has 2 heterocycles. The Morgan fingerprint density at radius 2 is 1.68 bits per heavy atom. The molecule has 0 aromatic heterocycles. The topological polar surface area (TPSA) is 66.5 Å². The quantitative estimate of drug-likeness (QED) is 0.370. The summed E-state index contributed by atoms with van der Waals surface area (Å²) in [6.45, 7) is 3.91. The van der Waals surface area contributed by atoms with Gasteiger partial charge in [0.05, 0.1) is 26.9 Å². The van der Waals surface area contributed by atoms with Crippen LogP contribution < -0.4 is 23.7 Å². The number of allylic oxidation sites excluding steroid dienone is 1. The highest BCUT2D eigenvalue weighted by molar-refractivity contribution is 6.30. The van der Waals surface area contributed by atoms with Crippen LogP contribution in [0.1, 0.15) is 32.6 Å². The van der Waals surface area contributed by atoms with Crippen LogP contribution in [0, 0.1) is 6.92 Å². The van der Waals surface area contributed by atoms with Crippen molar-refractivity contribution < 1.29 is 28.5 Å². The van der Waals surface area contributed by atoms with Gasteiger partial charge in [-0.2, -0.15) is 0 Å². The fourth-order valence-electron chi connectivity index (χ4n) is 4.69. The summed E-state index contributed by atoms with van der Waals surface area (Å²) in [4.78, 5) is 15.6. The van der Waals surface area contributed by atoms with Gasteiger partial charge >= 0.3 is 0 Å². The molecule has 0 spiro atoms. The van der Waals surface area contributed by atoms with E-state index in [1.165, 1.54) is 5.56 Å². The Bertz CT molecular complexity index is 1380. The Kier molecular flexibility index (Phi) is 7.00. The summed E-state index contributed by atoms with van der Waals surface area (Å²) in [7, 11) is 4.67. The van der Waals surface area contributed by atoms with Gasteiger partial charge in [-0.15, -0.1) is 0 Å². The van der Waals surface area contributed by atoms with Crippen LogP contribution in [0.3, 0.4) is 0 Å². The molecule has 0 fully saturated rings. The molecule has 7 nitrogen and oxygen atoms in total. The first-order chi connectivity index (χ1) is 17.9. The van der Waals surface area contributed by atoms with Crippen LogP contribution in [0.15, 0.2) is 48.2 Å². The number of Topliss-reactive ketones (excluding diaryl/α,β-unsaturated/α-hetero) is 1. The fourth-order valence-corrected chi connectivity index (χ4v) is 4.81. The van der Waals surface area contributed by atoms with Crippen LogP contribution in [0.5, 0.6) is 28.7 Å². The van der Waals surface area contributed by atoms with E-state index >= 15 is 0 Å². The molecular weight excluding hydrogens is 494 g/mol. The van der Waals surface area contributed by atoms with Crippen LogP contribution in [0.25, 0.3) is 6.08 Å². The van der Waals surface area contributed by atoms with Crippen LogP contribution in [0.2, 0.25) is 5.02 Å². The molecular formula is C29H28ClNO6. The molecule has 2 aliphatic heterocycles. The van der Waals surface area contributed by atoms with E-state index < -0.39 is 0 Å². The van der Waals surface area contributed by atoms with Crippen molar-refractivity contribution in [1.29, 1.82) is 0 Å². The predicted octanol–water partition coefficient (Wildman–Crippen LogP) is 5.69. The molecule has 0 aliphatic carbocycles. The van der Waals surface area contributed by atoms with Crippen molar-refractivity contribution in [3.05, 3.63) is 81.1 Å². The number of ether oxygens (including phenoxy) is 5. The first-order valence-electron chi connectivity index (χ1n) is 11.9. The Morgan fingerprint density at radius 3 is 2.38 bits per heavy atom. The lowest BCUT2D eigenvalue weighted by atomic mass is 9.99. The highest BCUT2D eigenvalue weighted by Crippen LogP contribution is 2.44. The molecule has 2 aliphatic rings. The summed E-state index contributed by atoms with van der Waals surface area (Å²) < 4.78 is 28.5. The summed E-state index contributed by atoms with van der Waals surface area (Å²) in [6.07, 6.45) is 2.54. The lowest BCUT2D eigenvalue weighted by molar-refractivity contribution is 0.0954. The molecule has 0 bridgehead atoms. The zero-order valence-corrected chi connectivity index (χ0v) is 22.0. The maximum absolute atomic E-state index is 13.4. The summed E-state index contributed by atoms with van der Waals surface area (Å²) in [5.41, 5.74) is 4.18. The number of ketones is 1. The number of fused-ring (bicyclic) bond motifs is 2. The van der Waals surface area contributed by atoms with Gasteiger partial charge in [-0.1, -0.05) is 23.7 Å². The largest absolute Gasteiger partial charge is 0.496 e. The third-order valence-corrected chi connectivity index (χ3v) is 6.91. The average molecular weight is 522 g/mol. The van der Waals surface area contributed by atoms with Crippen LogP contribution >= 0.6 is 11.6 Å². The predicted molar refractivity (Wildman–Crippen MR) is 141 cm³/mol. The van der Waals surface area contributed by atoms with E-state index in [4.69, 9.17) is 35.3 Å². The minimum atomic E-state index is -0.184. The second-order valence-electron chi connectivity index (χ2n) is 8.96. The Morgan fingerprint density at radius 1 is 0.973 bits per heavy atom. The molecule has 0 saturated heterocycles. The van der Waals surface area contributed by atoms with Gasteiger partial charge in [0.15, 0.2) is 17.3 Å². The lowest BCUT2D eigenvalue weighted by Crippen LogP contribution is -2.34. The maximum atomic E-state index is 13.4. The molecule has 8 heteroatoms. The number of methoxy groups -OCH3 is 3. The van der Waals surface area contributed by atoms with Crippen LogP contribution in [0.4, 0.5) is 0 Å². The second kappa shape index (κ2) is 10.4. The first-order valence-corrected chi connectivity index (χ1v) is 12.3. The normalized spacial score (nSPS) is 15.6. The highest BCUT2D eigenvalue weighted by Gasteiger charge is 2.34. The van der Waals surface area contributed by atoms with Crippen molar-refractivity contribution >= 4 is 23.5 Å². The van der Waals surface area contributed by atoms with Gasteiger partial charge in [-0.3, -0.25) is 9.69 Å². The van der Waals surface area contributed by atoms with Crippen molar-refractivity contribution in [2.24, 2.45) is 0 Å². The molecule has 192 valence electrons. The standard InChI is InChI=1S/C29H28ClNO6/c1-17-28-20(15-31(16-36-28)10-9-18-5-7-21(30)8-6-18)11-22-27(32)26(37-29(17)22)13-19-12-24(34-3)25(35-4)14-23(19)33-2/h5-8,11-14H,9-10,15-16H2,1-4H3/b26-13-. The number of hydrogen-bond acceptors (Lipinski definition) is 7. The van der Waals surface area contributed by atoms with E-state index in [-0.39, 0.29) is 11.5 Å². The Balaban J connectivity index is 1.39. The highest BCUT2D eigenvalue weighted by atomic mass is 35.5. The first kappa shape index (κ1) is 25.0. The lowest BCUT2D eigenvalue weighted by Gasteiger charge is -2.30. The van der Waals surface area contributed by atoms with Gasteiger partial charge in [-0.05, 0) is 49.2 Å². The fraction of sp³-hybridized carbons (Fsp3) is 0.276. The maximum Gasteiger partial charge on any atom is 0.231 e. The van der Waals surface area contributed by atoms with Crippen molar-refractivity contribution in [3.8, 4) is 28.7 Å². The van der Waals surface area contributed by atoms with E-state index in [2.05, 4.69) is 4.90 Å². The van der Waals surface area contributed by atoms with Crippen molar-refractivity contribution in [2.75, 3.05) is 34.6 Å². The van der Waals surface area contributed by atoms with Gasteiger partial charge in [0.25, 0.3) is 0 Å². The van der Waals surface area contributed by atoms with E-state index in [1.54, 1.807) is 39.5 Å². The smallest absolute Gasteiger partial charge is 0.231 e. The number of nitrogens with zero attached hydrogens (tertiary/aromatic N) is 1. The molecule has 3 aromatic carbocycles. The van der Waals surface area contributed by atoms with E-state index in [0.717, 1.165) is 34.9 Å². The molecule has 0 atom stereocenters. The SMILES string of the molecule is COc1cc(OC)c(OC)cc1/C=C1\Oc2c(cc3c(c2C)OCN(CCc2ccc(Cl)cc2)C3)C1=O. The van der Waals surface area contributed by atoms with Crippen LogP contribution in [-0.2, 0) is 13.0 Å². The van der Waals surface area contributed by atoms with Crippen molar-refractivity contribution in [3.63, 3.8) is 0 Å². The van der Waals surface area contributed by atoms with Crippen LogP contribution in [-0.4, -0.2) is 45.3 Å². The summed E-state index contributed by atoms with van der Waals surface area (Å²) in [6, 6.07) is 13.2. The molecule has 5 rings (SSSR count). The minimum absolute atomic E-state index is 0.184. The summed E-state index contributed by atoms with van der Waals surface area (Å²) in [5, 5.41) is 0.730. The number of benzene rings is 3. The zero-order valence-electron chi connectivity index (χ0n) is 21.2. The molecule has 0 unspecified atom stereocenters. The molecule has 37 heavy (non-hydrogen) atoms.